The second kappa shape index (κ2) is 10.6. The van der Waals surface area contributed by atoms with Crippen LogP contribution in [-0.4, -0.2) is 16.1 Å². The molecule has 0 aliphatic rings. The predicted octanol–water partition coefficient (Wildman–Crippen LogP) is 7.36. The van der Waals surface area contributed by atoms with Gasteiger partial charge in [-0.1, -0.05) is 32.9 Å². The van der Waals surface area contributed by atoms with Crippen LogP contribution in [0.15, 0.2) is 54.7 Å². The molecule has 0 radical (unpaired) electrons. The fraction of sp³-hybridized carbons (Fsp3) is 0.360. The molecule has 33 heavy (non-hydrogen) atoms. The summed E-state index contributed by atoms with van der Waals surface area (Å²) in [5.41, 5.74) is 1.40. The average molecular weight is 459 g/mol. The quantitative estimate of drug-likeness (QED) is 0.351. The number of alkyl halides is 3. The highest BCUT2D eigenvalue weighted by atomic mass is 19.4. The zero-order valence-electron chi connectivity index (χ0n) is 19.2. The smallest absolute Gasteiger partial charge is 0.421 e. The van der Waals surface area contributed by atoms with Crippen molar-refractivity contribution in [3.8, 4) is 5.75 Å². The van der Waals surface area contributed by atoms with Crippen molar-refractivity contribution in [3.05, 3.63) is 65.9 Å². The van der Waals surface area contributed by atoms with Crippen molar-refractivity contribution < 1.29 is 17.9 Å². The Morgan fingerprint density at radius 2 is 1.52 bits per heavy atom. The van der Waals surface area contributed by atoms with Crippen molar-refractivity contribution >= 4 is 23.1 Å². The number of ether oxygens (including phenoxy) is 1. The van der Waals surface area contributed by atoms with Gasteiger partial charge in [0, 0.05) is 17.6 Å². The van der Waals surface area contributed by atoms with Crippen LogP contribution in [0.1, 0.15) is 45.2 Å². The molecule has 3 aromatic rings. The van der Waals surface area contributed by atoms with E-state index in [2.05, 4.69) is 34.4 Å². The fourth-order valence-corrected chi connectivity index (χ4v) is 3.14. The monoisotopic (exact) mass is 458 g/mol. The SMILES string of the molecule is CCC(C)Oc1ccc(Nc2nc(Nc3ccc(CC(C)C)cc3)ncc2C(F)(F)F)cc1. The van der Waals surface area contributed by atoms with E-state index in [1.54, 1.807) is 24.3 Å². The molecule has 0 fully saturated rings. The molecular formula is C25H29F3N4O. The number of nitrogens with one attached hydrogen (secondary N) is 2. The average Bonchev–Trinajstić information content (AvgIpc) is 2.75. The normalized spacial score (nSPS) is 12.5. The summed E-state index contributed by atoms with van der Waals surface area (Å²) < 4.78 is 46.4. The van der Waals surface area contributed by atoms with Crippen LogP contribution < -0.4 is 15.4 Å². The first-order valence-corrected chi connectivity index (χ1v) is 11.0. The first kappa shape index (κ1) is 24.4. The predicted molar refractivity (Wildman–Crippen MR) is 125 cm³/mol. The highest BCUT2D eigenvalue weighted by molar-refractivity contribution is 5.63. The van der Waals surface area contributed by atoms with Gasteiger partial charge in [-0.25, -0.2) is 4.98 Å². The van der Waals surface area contributed by atoms with Crippen LogP contribution in [0.5, 0.6) is 5.75 Å². The second-order valence-corrected chi connectivity index (χ2v) is 8.36. The summed E-state index contributed by atoms with van der Waals surface area (Å²) in [6.45, 7) is 8.25. The van der Waals surface area contributed by atoms with Gasteiger partial charge in [0.05, 0.1) is 6.10 Å². The summed E-state index contributed by atoms with van der Waals surface area (Å²) in [5.74, 6) is 0.925. The second-order valence-electron chi connectivity index (χ2n) is 8.36. The molecule has 5 nitrogen and oxygen atoms in total. The maximum absolute atomic E-state index is 13.5. The number of benzene rings is 2. The number of hydrogen-bond donors (Lipinski definition) is 2. The third-order valence-electron chi connectivity index (χ3n) is 4.98. The summed E-state index contributed by atoms with van der Waals surface area (Å²) in [4.78, 5) is 7.97. The number of anilines is 4. The molecule has 1 heterocycles. The maximum Gasteiger partial charge on any atom is 0.421 e. The minimum Gasteiger partial charge on any atom is -0.491 e. The van der Waals surface area contributed by atoms with Crippen LogP contribution in [0.4, 0.5) is 36.3 Å². The number of aromatic nitrogens is 2. The molecule has 0 aliphatic carbocycles. The van der Waals surface area contributed by atoms with E-state index in [1.807, 2.05) is 38.1 Å². The first-order valence-electron chi connectivity index (χ1n) is 11.0. The zero-order chi connectivity index (χ0) is 24.0. The summed E-state index contributed by atoms with van der Waals surface area (Å²) in [5, 5.41) is 5.74. The molecule has 0 bridgehead atoms. The molecule has 0 spiro atoms. The van der Waals surface area contributed by atoms with Crippen LogP contribution in [0, 0.1) is 5.92 Å². The Hall–Kier alpha value is -3.29. The summed E-state index contributed by atoms with van der Waals surface area (Å²) in [7, 11) is 0. The van der Waals surface area contributed by atoms with Gasteiger partial charge in [-0.15, -0.1) is 0 Å². The van der Waals surface area contributed by atoms with Gasteiger partial charge >= 0.3 is 6.18 Å². The Balaban J connectivity index is 1.80. The van der Waals surface area contributed by atoms with Gasteiger partial charge < -0.3 is 15.4 Å². The molecule has 0 amide bonds. The van der Waals surface area contributed by atoms with Crippen molar-refractivity contribution in [2.24, 2.45) is 5.92 Å². The lowest BCUT2D eigenvalue weighted by molar-refractivity contribution is -0.137. The molecule has 1 atom stereocenters. The number of hydrogen-bond acceptors (Lipinski definition) is 5. The van der Waals surface area contributed by atoms with E-state index in [9.17, 15) is 13.2 Å². The molecule has 1 aromatic heterocycles. The lowest BCUT2D eigenvalue weighted by Crippen LogP contribution is -2.13. The van der Waals surface area contributed by atoms with Crippen molar-refractivity contribution in [3.63, 3.8) is 0 Å². The molecule has 8 heteroatoms. The molecule has 2 aromatic carbocycles. The fourth-order valence-electron chi connectivity index (χ4n) is 3.14. The van der Waals surface area contributed by atoms with Gasteiger partial charge in [0.15, 0.2) is 0 Å². The zero-order valence-corrected chi connectivity index (χ0v) is 19.2. The van der Waals surface area contributed by atoms with Crippen LogP contribution in [0.2, 0.25) is 0 Å². The Kier molecular flexibility index (Phi) is 7.79. The Bertz CT molecular complexity index is 1040. The number of halogens is 3. The third kappa shape index (κ3) is 7.10. The van der Waals surface area contributed by atoms with Crippen molar-refractivity contribution in [2.45, 2.75) is 52.8 Å². The maximum atomic E-state index is 13.5. The lowest BCUT2D eigenvalue weighted by atomic mass is 10.0. The largest absolute Gasteiger partial charge is 0.491 e. The standard InChI is InChI=1S/C25H29F3N4O/c1-5-17(4)33-21-12-10-19(11-13-21)30-23-22(25(26,27)28)15-29-24(32-23)31-20-8-6-18(7-9-20)14-16(2)3/h6-13,15-17H,5,14H2,1-4H3,(H2,29,30,31,32). The minimum absolute atomic E-state index is 0.0515. The van der Waals surface area contributed by atoms with E-state index in [-0.39, 0.29) is 17.9 Å². The highest BCUT2D eigenvalue weighted by Gasteiger charge is 2.35. The highest BCUT2D eigenvalue weighted by Crippen LogP contribution is 2.35. The van der Waals surface area contributed by atoms with E-state index >= 15 is 0 Å². The van der Waals surface area contributed by atoms with Gasteiger partial charge in [0.2, 0.25) is 5.95 Å². The van der Waals surface area contributed by atoms with Gasteiger partial charge in [0.25, 0.3) is 0 Å². The van der Waals surface area contributed by atoms with E-state index in [4.69, 9.17) is 4.74 Å². The van der Waals surface area contributed by atoms with Gasteiger partial charge in [0.1, 0.15) is 17.1 Å². The van der Waals surface area contributed by atoms with Crippen LogP contribution in [-0.2, 0) is 12.6 Å². The molecule has 0 saturated carbocycles. The number of rotatable bonds is 9. The van der Waals surface area contributed by atoms with Gasteiger partial charge in [-0.3, -0.25) is 0 Å². The molecular weight excluding hydrogens is 429 g/mol. The van der Waals surface area contributed by atoms with Gasteiger partial charge in [-0.05, 0) is 67.6 Å². The molecule has 0 aliphatic heterocycles. The topological polar surface area (TPSA) is 59.1 Å². The first-order chi connectivity index (χ1) is 15.6. The van der Waals surface area contributed by atoms with Gasteiger partial charge in [-0.2, -0.15) is 18.2 Å². The van der Waals surface area contributed by atoms with Crippen molar-refractivity contribution in [1.29, 1.82) is 0 Å². The molecule has 0 saturated heterocycles. The number of nitrogens with zero attached hydrogens (tertiary/aromatic N) is 2. The van der Waals surface area contributed by atoms with Crippen LogP contribution in [0.25, 0.3) is 0 Å². The lowest BCUT2D eigenvalue weighted by Gasteiger charge is -2.16. The van der Waals surface area contributed by atoms with E-state index in [0.29, 0.717) is 23.0 Å². The Labute approximate surface area is 192 Å². The molecule has 3 rings (SSSR count). The molecule has 176 valence electrons. The molecule has 1 unspecified atom stereocenters. The van der Waals surface area contributed by atoms with E-state index in [0.717, 1.165) is 19.0 Å². The Morgan fingerprint density at radius 3 is 2.09 bits per heavy atom. The van der Waals surface area contributed by atoms with Crippen LogP contribution >= 0.6 is 0 Å². The summed E-state index contributed by atoms with van der Waals surface area (Å²) in [6.07, 6.45) is -1.96. The minimum atomic E-state index is -4.60. The Morgan fingerprint density at radius 1 is 0.909 bits per heavy atom. The van der Waals surface area contributed by atoms with E-state index in [1.165, 1.54) is 5.56 Å². The molecule has 2 N–H and O–H groups in total. The summed E-state index contributed by atoms with van der Waals surface area (Å²) in [6, 6.07) is 14.4. The van der Waals surface area contributed by atoms with Crippen molar-refractivity contribution in [2.75, 3.05) is 10.6 Å². The van der Waals surface area contributed by atoms with Crippen LogP contribution in [0.3, 0.4) is 0 Å². The van der Waals surface area contributed by atoms with E-state index < -0.39 is 11.7 Å². The third-order valence-corrected chi connectivity index (χ3v) is 4.98. The summed E-state index contributed by atoms with van der Waals surface area (Å²) >= 11 is 0. The van der Waals surface area contributed by atoms with Crippen molar-refractivity contribution in [1.82, 2.24) is 9.97 Å².